The second-order valence-electron chi connectivity index (χ2n) is 3.41. The Morgan fingerprint density at radius 1 is 1.47 bits per heavy atom. The van der Waals surface area contributed by atoms with Gasteiger partial charge in [0.25, 0.3) is 0 Å². The van der Waals surface area contributed by atoms with Gasteiger partial charge in [0.1, 0.15) is 0 Å². The van der Waals surface area contributed by atoms with Crippen LogP contribution >= 0.6 is 24.0 Å². The Kier molecular flexibility index (Phi) is 3.12. The Balaban J connectivity index is 2.41. The van der Waals surface area contributed by atoms with Gasteiger partial charge in [-0.3, -0.25) is 0 Å². The Labute approximate surface area is 100 Å². The van der Waals surface area contributed by atoms with Crippen molar-refractivity contribution in [1.29, 1.82) is 0 Å². The maximum absolute atomic E-state index is 5.13. The lowest BCUT2D eigenvalue weighted by molar-refractivity contribution is 1.00. The van der Waals surface area contributed by atoms with Crippen molar-refractivity contribution in [2.75, 3.05) is 11.4 Å². The third kappa shape index (κ3) is 2.08. The molecule has 0 unspecified atom stereocenters. The first-order valence-electron chi connectivity index (χ1n) is 4.99. The maximum Gasteiger partial charge on any atom is 0.0812 e. The number of thiocarbonyl (C=S) groups is 1. The predicted octanol–water partition coefficient (Wildman–Crippen LogP) is 3.85. The van der Waals surface area contributed by atoms with E-state index in [2.05, 4.69) is 42.2 Å². The van der Waals surface area contributed by atoms with Crippen molar-refractivity contribution in [2.45, 2.75) is 18.7 Å². The summed E-state index contributed by atoms with van der Waals surface area (Å²) >= 11 is 6.92. The number of para-hydroxylation sites is 1. The van der Waals surface area contributed by atoms with Crippen LogP contribution in [0.1, 0.15) is 13.8 Å². The van der Waals surface area contributed by atoms with Gasteiger partial charge in [0.05, 0.1) is 10.7 Å². The van der Waals surface area contributed by atoms with Crippen LogP contribution in [-0.2, 0) is 0 Å². The Hall–Kier alpha value is -0.800. The Morgan fingerprint density at radius 3 is 2.87 bits per heavy atom. The Bertz CT molecular complexity index is 423. The van der Waals surface area contributed by atoms with Crippen LogP contribution in [0.3, 0.4) is 0 Å². The van der Waals surface area contributed by atoms with Gasteiger partial charge >= 0.3 is 0 Å². The molecule has 0 fully saturated rings. The monoisotopic (exact) mass is 235 g/mol. The highest BCUT2D eigenvalue weighted by atomic mass is 32.2. The van der Waals surface area contributed by atoms with E-state index in [1.807, 2.05) is 6.92 Å². The van der Waals surface area contributed by atoms with Crippen molar-refractivity contribution < 1.29 is 0 Å². The van der Waals surface area contributed by atoms with Gasteiger partial charge in [-0.1, -0.05) is 36.1 Å². The molecule has 1 aromatic rings. The fraction of sp³-hybridized carbons (Fsp3) is 0.250. The fourth-order valence-electron chi connectivity index (χ4n) is 1.66. The first-order chi connectivity index (χ1) is 7.22. The van der Waals surface area contributed by atoms with E-state index in [4.69, 9.17) is 12.2 Å². The zero-order valence-corrected chi connectivity index (χ0v) is 10.5. The number of allylic oxidation sites excluding steroid dienone is 1. The van der Waals surface area contributed by atoms with E-state index >= 15 is 0 Å². The minimum absolute atomic E-state index is 0.934. The van der Waals surface area contributed by atoms with E-state index in [1.54, 1.807) is 11.8 Å². The van der Waals surface area contributed by atoms with Gasteiger partial charge in [-0.15, -0.1) is 0 Å². The van der Waals surface area contributed by atoms with Crippen molar-refractivity contribution in [3.8, 4) is 0 Å². The molecule has 0 aliphatic carbocycles. The molecule has 0 aromatic heterocycles. The molecule has 0 saturated heterocycles. The van der Waals surface area contributed by atoms with Gasteiger partial charge < -0.3 is 4.90 Å². The lowest BCUT2D eigenvalue weighted by Gasteiger charge is -2.17. The molecular weight excluding hydrogens is 222 g/mol. The topological polar surface area (TPSA) is 3.24 Å². The molecule has 0 radical (unpaired) electrons. The molecule has 0 spiro atoms. The summed E-state index contributed by atoms with van der Waals surface area (Å²) in [7, 11) is 0. The average Bonchev–Trinajstić information content (AvgIpc) is 2.53. The quantitative estimate of drug-likeness (QED) is 0.566. The summed E-state index contributed by atoms with van der Waals surface area (Å²) < 4.78 is 0. The minimum atomic E-state index is 0.934. The van der Waals surface area contributed by atoms with Crippen molar-refractivity contribution in [2.24, 2.45) is 0 Å². The van der Waals surface area contributed by atoms with Crippen molar-refractivity contribution in [3.63, 3.8) is 0 Å². The summed E-state index contributed by atoms with van der Waals surface area (Å²) in [4.78, 5) is 4.56. The van der Waals surface area contributed by atoms with E-state index in [-0.39, 0.29) is 0 Å². The van der Waals surface area contributed by atoms with Gasteiger partial charge in [-0.2, -0.15) is 0 Å². The molecule has 1 nitrogen and oxygen atoms in total. The number of anilines is 1. The zero-order valence-electron chi connectivity index (χ0n) is 8.86. The van der Waals surface area contributed by atoms with Crippen LogP contribution < -0.4 is 4.90 Å². The summed E-state index contributed by atoms with van der Waals surface area (Å²) in [6, 6.07) is 8.47. The van der Waals surface area contributed by atoms with Crippen LogP contribution in [0.15, 0.2) is 40.3 Å². The summed E-state index contributed by atoms with van der Waals surface area (Å²) in [6.07, 6.45) is 2.07. The normalized spacial score (nSPS) is 16.9. The summed E-state index contributed by atoms with van der Waals surface area (Å²) in [5, 5.41) is 1.24. The first kappa shape index (κ1) is 10.7. The molecule has 1 aromatic carbocycles. The second-order valence-corrected chi connectivity index (χ2v) is 5.11. The largest absolute Gasteiger partial charge is 0.335 e. The highest BCUT2D eigenvalue weighted by Gasteiger charge is 2.22. The molecule has 0 saturated carbocycles. The van der Waals surface area contributed by atoms with Crippen molar-refractivity contribution >= 4 is 34.5 Å². The van der Waals surface area contributed by atoms with Crippen molar-refractivity contribution in [1.82, 2.24) is 0 Å². The molecule has 3 heteroatoms. The molecule has 0 atom stereocenters. The molecule has 0 N–H and O–H groups in total. The Morgan fingerprint density at radius 2 is 2.20 bits per heavy atom. The third-order valence-corrected chi connectivity index (χ3v) is 3.51. The van der Waals surface area contributed by atoms with E-state index in [9.17, 15) is 0 Å². The van der Waals surface area contributed by atoms with Crippen LogP contribution in [-0.4, -0.2) is 11.4 Å². The predicted molar refractivity (Wildman–Crippen MR) is 71.7 cm³/mol. The SMILES string of the molecule is CCN1C(=CC(C)=S)Sc2ccccc21. The van der Waals surface area contributed by atoms with Crippen molar-refractivity contribution in [3.05, 3.63) is 35.4 Å². The third-order valence-electron chi connectivity index (χ3n) is 2.28. The number of benzene rings is 1. The average molecular weight is 235 g/mol. The molecule has 1 aliphatic rings. The van der Waals surface area contributed by atoms with E-state index in [0.717, 1.165) is 11.4 Å². The second kappa shape index (κ2) is 4.37. The fourth-order valence-corrected chi connectivity index (χ4v) is 3.07. The molecule has 1 aliphatic heterocycles. The molecule has 0 bridgehead atoms. The number of thioether (sulfide) groups is 1. The van der Waals surface area contributed by atoms with Gasteiger partial charge in [-0.25, -0.2) is 0 Å². The standard InChI is InChI=1S/C12H13NS2/c1-3-13-10-6-4-5-7-11(10)15-12(13)8-9(2)14/h4-8H,3H2,1-2H3. The number of hydrogen-bond acceptors (Lipinski definition) is 3. The minimum Gasteiger partial charge on any atom is -0.335 e. The van der Waals surface area contributed by atoms with Crippen LogP contribution in [0, 0.1) is 0 Å². The van der Waals surface area contributed by atoms with E-state index in [1.165, 1.54) is 15.6 Å². The van der Waals surface area contributed by atoms with Crippen LogP contribution in [0.2, 0.25) is 0 Å². The summed E-state index contributed by atoms with van der Waals surface area (Å²) in [5.74, 6) is 0. The molecular formula is C12H13NS2. The van der Waals surface area contributed by atoms with Crippen LogP contribution in [0.4, 0.5) is 5.69 Å². The molecule has 1 heterocycles. The lowest BCUT2D eigenvalue weighted by Crippen LogP contribution is -2.16. The molecule has 0 amide bonds. The maximum atomic E-state index is 5.13. The number of fused-ring (bicyclic) bond motifs is 1. The van der Waals surface area contributed by atoms with E-state index < -0.39 is 0 Å². The van der Waals surface area contributed by atoms with Crippen LogP contribution in [0.5, 0.6) is 0 Å². The lowest BCUT2D eigenvalue weighted by atomic mass is 10.3. The van der Waals surface area contributed by atoms with Gasteiger partial charge in [-0.05, 0) is 32.1 Å². The van der Waals surface area contributed by atoms with Crippen LogP contribution in [0.25, 0.3) is 0 Å². The summed E-state index contributed by atoms with van der Waals surface area (Å²) in [5.41, 5.74) is 1.30. The number of nitrogens with zero attached hydrogens (tertiary/aromatic N) is 1. The number of hydrogen-bond donors (Lipinski definition) is 0. The van der Waals surface area contributed by atoms with Gasteiger partial charge in [0, 0.05) is 16.3 Å². The molecule has 78 valence electrons. The van der Waals surface area contributed by atoms with Gasteiger partial charge in [0.15, 0.2) is 0 Å². The van der Waals surface area contributed by atoms with E-state index in [0.29, 0.717) is 0 Å². The molecule has 2 rings (SSSR count). The summed E-state index contributed by atoms with van der Waals surface area (Å²) in [6.45, 7) is 5.10. The number of rotatable bonds is 2. The zero-order chi connectivity index (χ0) is 10.8. The highest BCUT2D eigenvalue weighted by Crippen LogP contribution is 2.45. The smallest absolute Gasteiger partial charge is 0.0812 e. The van der Waals surface area contributed by atoms with Gasteiger partial charge in [0.2, 0.25) is 0 Å². The first-order valence-corrected chi connectivity index (χ1v) is 6.21. The molecule has 15 heavy (non-hydrogen) atoms. The highest BCUT2D eigenvalue weighted by molar-refractivity contribution is 8.03.